The minimum absolute atomic E-state index is 0.256. The summed E-state index contributed by atoms with van der Waals surface area (Å²) in [6.45, 7) is 1.73. The average molecular weight is 424 g/mol. The van der Waals surface area contributed by atoms with Crippen LogP contribution in [0.1, 0.15) is 6.92 Å². The molecule has 0 spiro atoms. The van der Waals surface area contributed by atoms with Gasteiger partial charge in [-0.1, -0.05) is 41.0 Å². The molecule has 3 rings (SSSR count). The molecule has 140 valence electrons. The number of hydrogen-bond acceptors (Lipinski definition) is 6. The van der Waals surface area contributed by atoms with E-state index < -0.39 is 5.25 Å². The number of aromatic nitrogens is 2. The fourth-order valence-corrected chi connectivity index (χ4v) is 3.18. The molecule has 3 aromatic rings. The lowest BCUT2D eigenvalue weighted by Gasteiger charge is -2.11. The van der Waals surface area contributed by atoms with Gasteiger partial charge in [-0.2, -0.15) is 0 Å². The fraction of sp³-hybridized carbons (Fsp3) is 0.167. The van der Waals surface area contributed by atoms with E-state index in [9.17, 15) is 4.79 Å². The zero-order chi connectivity index (χ0) is 19.4. The van der Waals surface area contributed by atoms with Crippen LogP contribution in [0.3, 0.4) is 0 Å². The first kappa shape index (κ1) is 19.5. The fourth-order valence-electron chi connectivity index (χ4n) is 2.15. The quantitative estimate of drug-likeness (QED) is 0.550. The van der Waals surface area contributed by atoms with Crippen molar-refractivity contribution in [3.8, 4) is 17.2 Å². The van der Waals surface area contributed by atoms with E-state index in [1.165, 1.54) is 0 Å². The van der Waals surface area contributed by atoms with E-state index >= 15 is 0 Å². The molecule has 0 aliphatic heterocycles. The largest absolute Gasteiger partial charge is 0.497 e. The molecule has 27 heavy (non-hydrogen) atoms. The molecule has 0 fully saturated rings. The van der Waals surface area contributed by atoms with Gasteiger partial charge in [0, 0.05) is 5.56 Å². The molecule has 1 aromatic heterocycles. The number of methoxy groups -OCH3 is 1. The molecule has 6 nitrogen and oxygen atoms in total. The molecule has 9 heteroatoms. The lowest BCUT2D eigenvalue weighted by molar-refractivity contribution is -0.115. The van der Waals surface area contributed by atoms with Crippen LogP contribution in [-0.4, -0.2) is 28.5 Å². The van der Waals surface area contributed by atoms with Gasteiger partial charge in [0.1, 0.15) is 5.75 Å². The van der Waals surface area contributed by atoms with Crippen LogP contribution in [0, 0.1) is 0 Å². The number of ether oxygens (including phenoxy) is 1. The van der Waals surface area contributed by atoms with Crippen molar-refractivity contribution in [1.29, 1.82) is 0 Å². The molecular weight excluding hydrogens is 409 g/mol. The highest BCUT2D eigenvalue weighted by molar-refractivity contribution is 8.00. The molecule has 1 atom stereocenters. The van der Waals surface area contributed by atoms with E-state index in [2.05, 4.69) is 15.5 Å². The van der Waals surface area contributed by atoms with Crippen LogP contribution in [0.15, 0.2) is 52.1 Å². The Morgan fingerprint density at radius 3 is 2.63 bits per heavy atom. The highest BCUT2D eigenvalue weighted by Gasteiger charge is 2.20. The average Bonchev–Trinajstić information content (AvgIpc) is 3.14. The van der Waals surface area contributed by atoms with Gasteiger partial charge in [0.25, 0.3) is 5.22 Å². The van der Waals surface area contributed by atoms with Gasteiger partial charge in [0.05, 0.1) is 28.1 Å². The van der Waals surface area contributed by atoms with E-state index in [4.69, 9.17) is 32.4 Å². The van der Waals surface area contributed by atoms with Crippen molar-refractivity contribution >= 4 is 46.6 Å². The molecular formula is C18H15Cl2N3O3S. The summed E-state index contributed by atoms with van der Waals surface area (Å²) in [5.41, 5.74) is 1.21. The second-order valence-corrected chi connectivity index (χ2v) is 7.53. The van der Waals surface area contributed by atoms with Crippen LogP contribution in [0.4, 0.5) is 5.69 Å². The summed E-state index contributed by atoms with van der Waals surface area (Å²) in [6.07, 6.45) is 0. The van der Waals surface area contributed by atoms with E-state index in [0.29, 0.717) is 26.8 Å². The lowest BCUT2D eigenvalue weighted by Crippen LogP contribution is -2.22. The second kappa shape index (κ2) is 8.65. The maximum Gasteiger partial charge on any atom is 0.277 e. The van der Waals surface area contributed by atoms with Crippen LogP contribution in [0.2, 0.25) is 10.0 Å². The van der Waals surface area contributed by atoms with E-state index in [1.54, 1.807) is 44.4 Å². The molecule has 0 aliphatic carbocycles. The minimum atomic E-state index is -0.482. The minimum Gasteiger partial charge on any atom is -0.497 e. The van der Waals surface area contributed by atoms with Crippen molar-refractivity contribution in [2.45, 2.75) is 17.4 Å². The number of hydrogen-bond donors (Lipinski definition) is 1. The Labute approximate surface area is 170 Å². The first-order valence-electron chi connectivity index (χ1n) is 7.87. The molecule has 1 N–H and O–H groups in total. The number of carbonyl (C=O) groups is 1. The highest BCUT2D eigenvalue weighted by Crippen LogP contribution is 2.31. The van der Waals surface area contributed by atoms with Crippen molar-refractivity contribution < 1.29 is 13.9 Å². The van der Waals surface area contributed by atoms with Crippen LogP contribution in [0.5, 0.6) is 5.75 Å². The normalized spacial score (nSPS) is 11.9. The molecule has 1 unspecified atom stereocenters. The van der Waals surface area contributed by atoms with Crippen LogP contribution in [-0.2, 0) is 4.79 Å². The maximum absolute atomic E-state index is 12.4. The molecule has 0 saturated heterocycles. The van der Waals surface area contributed by atoms with Crippen LogP contribution in [0.25, 0.3) is 11.5 Å². The first-order valence-corrected chi connectivity index (χ1v) is 9.51. The van der Waals surface area contributed by atoms with Crippen LogP contribution < -0.4 is 10.1 Å². The van der Waals surface area contributed by atoms with Crippen LogP contribution >= 0.6 is 35.0 Å². The summed E-state index contributed by atoms with van der Waals surface area (Å²) >= 11 is 13.2. The zero-order valence-electron chi connectivity index (χ0n) is 14.4. The number of nitrogens with one attached hydrogen (secondary N) is 1. The van der Waals surface area contributed by atoms with Gasteiger partial charge >= 0.3 is 0 Å². The maximum atomic E-state index is 12.4. The van der Waals surface area contributed by atoms with E-state index in [-0.39, 0.29) is 5.91 Å². The number of amides is 1. The Morgan fingerprint density at radius 1 is 1.19 bits per heavy atom. The smallest absolute Gasteiger partial charge is 0.277 e. The van der Waals surface area contributed by atoms with Gasteiger partial charge in [0.2, 0.25) is 11.8 Å². The highest BCUT2D eigenvalue weighted by atomic mass is 35.5. The Morgan fingerprint density at radius 2 is 1.93 bits per heavy atom. The predicted molar refractivity (Wildman–Crippen MR) is 107 cm³/mol. The summed E-state index contributed by atoms with van der Waals surface area (Å²) in [7, 11) is 1.60. The standard InChI is InChI=1S/C18H15Cl2N3O3S/c1-10(16(24)21-14-5-3-4-13(19)15(14)20)27-18-23-22-17(26-18)11-6-8-12(25-2)9-7-11/h3-10H,1-2H3,(H,21,24). The summed E-state index contributed by atoms with van der Waals surface area (Å²) in [6, 6.07) is 12.3. The van der Waals surface area contributed by atoms with Gasteiger partial charge in [-0.05, 0) is 43.3 Å². The molecule has 1 amide bonds. The Bertz CT molecular complexity index is 947. The number of halogens is 2. The molecule has 1 heterocycles. The van der Waals surface area contributed by atoms with Crippen molar-refractivity contribution in [1.82, 2.24) is 10.2 Å². The molecule has 0 aliphatic rings. The predicted octanol–water partition coefficient (Wildman–Crippen LogP) is 5.17. The SMILES string of the molecule is COc1ccc(-c2nnc(SC(C)C(=O)Nc3cccc(Cl)c3Cl)o2)cc1. The number of carbonyl (C=O) groups excluding carboxylic acids is 1. The Hall–Kier alpha value is -2.22. The third kappa shape index (κ3) is 4.74. The third-order valence-electron chi connectivity index (χ3n) is 3.60. The number of benzene rings is 2. The van der Waals surface area contributed by atoms with Crippen molar-refractivity contribution in [3.63, 3.8) is 0 Å². The summed E-state index contributed by atoms with van der Waals surface area (Å²) in [5.74, 6) is 0.844. The monoisotopic (exact) mass is 423 g/mol. The topological polar surface area (TPSA) is 77.2 Å². The number of anilines is 1. The molecule has 0 bridgehead atoms. The number of rotatable bonds is 6. The lowest BCUT2D eigenvalue weighted by atomic mass is 10.2. The van der Waals surface area contributed by atoms with E-state index in [1.807, 2.05) is 12.1 Å². The van der Waals surface area contributed by atoms with Crippen molar-refractivity contribution in [3.05, 3.63) is 52.5 Å². The van der Waals surface area contributed by atoms with Gasteiger partial charge in [-0.3, -0.25) is 4.79 Å². The molecule has 0 saturated carbocycles. The number of nitrogens with zero attached hydrogens (tertiary/aromatic N) is 2. The molecule has 0 radical (unpaired) electrons. The van der Waals surface area contributed by atoms with E-state index in [0.717, 1.165) is 23.1 Å². The summed E-state index contributed by atoms with van der Waals surface area (Å²) in [4.78, 5) is 12.4. The van der Waals surface area contributed by atoms with Gasteiger partial charge in [0.15, 0.2) is 0 Å². The summed E-state index contributed by atoms with van der Waals surface area (Å²) < 4.78 is 10.8. The third-order valence-corrected chi connectivity index (χ3v) is 5.35. The van der Waals surface area contributed by atoms with Crippen molar-refractivity contribution in [2.75, 3.05) is 12.4 Å². The first-order chi connectivity index (χ1) is 13.0. The zero-order valence-corrected chi connectivity index (χ0v) is 16.7. The number of thioether (sulfide) groups is 1. The Kier molecular flexibility index (Phi) is 6.26. The summed E-state index contributed by atoms with van der Waals surface area (Å²) in [5, 5.41) is 11.2. The van der Waals surface area contributed by atoms with Gasteiger partial charge < -0.3 is 14.5 Å². The van der Waals surface area contributed by atoms with Crippen molar-refractivity contribution in [2.24, 2.45) is 0 Å². The van der Waals surface area contributed by atoms with Gasteiger partial charge in [-0.15, -0.1) is 10.2 Å². The second-order valence-electron chi connectivity index (χ2n) is 5.45. The Balaban J connectivity index is 1.65. The molecule has 2 aromatic carbocycles. The van der Waals surface area contributed by atoms with Gasteiger partial charge in [-0.25, -0.2) is 0 Å².